The van der Waals surface area contributed by atoms with Gasteiger partial charge in [0.15, 0.2) is 0 Å². The van der Waals surface area contributed by atoms with Crippen molar-refractivity contribution in [2.24, 2.45) is 0 Å². The third-order valence-electron chi connectivity index (χ3n) is 6.78. The second kappa shape index (κ2) is 10.8. The largest absolute Gasteiger partial charge is 0.497 e. The molecule has 192 valence electrons. The fourth-order valence-electron chi connectivity index (χ4n) is 4.93. The van der Waals surface area contributed by atoms with Gasteiger partial charge in [0.2, 0.25) is 5.91 Å². The number of nitrogens with zero attached hydrogens (tertiary/aromatic N) is 1. The van der Waals surface area contributed by atoms with Gasteiger partial charge in [0.25, 0.3) is 5.91 Å². The third-order valence-corrected chi connectivity index (χ3v) is 6.78. The van der Waals surface area contributed by atoms with Crippen LogP contribution in [0.5, 0.6) is 11.5 Å². The van der Waals surface area contributed by atoms with E-state index in [1.165, 1.54) is 12.1 Å². The van der Waals surface area contributed by atoms with Crippen molar-refractivity contribution >= 4 is 17.5 Å². The van der Waals surface area contributed by atoms with Crippen LogP contribution in [0.2, 0.25) is 0 Å². The molecule has 0 spiro atoms. The molecule has 1 aliphatic heterocycles. The molecule has 1 heterocycles. The van der Waals surface area contributed by atoms with Crippen LogP contribution in [-0.4, -0.2) is 30.9 Å². The Bertz CT molecular complexity index is 1450. The third kappa shape index (κ3) is 4.95. The molecule has 1 aliphatic rings. The van der Waals surface area contributed by atoms with Gasteiger partial charge in [-0.05, 0) is 59.2 Å². The van der Waals surface area contributed by atoms with E-state index < -0.39 is 12.0 Å². The molecule has 4 aromatic carbocycles. The summed E-state index contributed by atoms with van der Waals surface area (Å²) in [4.78, 5) is 29.6. The number of carbonyl (C=O) groups is 2. The number of halogens is 1. The van der Waals surface area contributed by atoms with Gasteiger partial charge in [-0.15, -0.1) is 0 Å². The quantitative estimate of drug-likeness (QED) is 0.333. The van der Waals surface area contributed by atoms with Gasteiger partial charge in [-0.2, -0.15) is 0 Å². The minimum absolute atomic E-state index is 0.198. The van der Waals surface area contributed by atoms with Gasteiger partial charge >= 0.3 is 0 Å². The number of hydrogen-bond donors (Lipinski definition) is 1. The average Bonchev–Trinajstić information content (AvgIpc) is 2.95. The first-order chi connectivity index (χ1) is 18.5. The van der Waals surface area contributed by atoms with Gasteiger partial charge in [0, 0.05) is 23.9 Å². The first kappa shape index (κ1) is 25.0. The van der Waals surface area contributed by atoms with Crippen molar-refractivity contribution in [3.05, 3.63) is 125 Å². The summed E-state index contributed by atoms with van der Waals surface area (Å²) in [5.41, 5.74) is 3.23. The summed E-state index contributed by atoms with van der Waals surface area (Å²) in [5.74, 6) is -0.250. The molecule has 0 aromatic heterocycles. The van der Waals surface area contributed by atoms with Crippen LogP contribution in [0.4, 0.5) is 10.1 Å². The first-order valence-electron chi connectivity index (χ1n) is 12.2. The summed E-state index contributed by atoms with van der Waals surface area (Å²) in [7, 11) is 3.15. The Morgan fingerprint density at radius 3 is 2.29 bits per heavy atom. The molecule has 0 aliphatic carbocycles. The molecule has 38 heavy (non-hydrogen) atoms. The van der Waals surface area contributed by atoms with Gasteiger partial charge in [-0.1, -0.05) is 48.5 Å². The Morgan fingerprint density at radius 2 is 1.58 bits per heavy atom. The number of nitrogens with one attached hydrogen (secondary N) is 1. The zero-order valence-electron chi connectivity index (χ0n) is 21.1. The van der Waals surface area contributed by atoms with Crippen LogP contribution in [0.25, 0.3) is 0 Å². The van der Waals surface area contributed by atoms with Crippen molar-refractivity contribution in [2.75, 3.05) is 19.5 Å². The smallest absolute Gasteiger partial charge is 0.255 e. The molecule has 0 radical (unpaired) electrons. The topological polar surface area (TPSA) is 67.9 Å². The Labute approximate surface area is 220 Å². The highest BCUT2D eigenvalue weighted by Crippen LogP contribution is 2.44. The van der Waals surface area contributed by atoms with Crippen LogP contribution in [-0.2, 0) is 11.3 Å². The molecular formula is C31H27FN2O4. The lowest BCUT2D eigenvalue weighted by Crippen LogP contribution is -2.45. The Hall–Kier alpha value is -4.65. The number of anilines is 1. The van der Waals surface area contributed by atoms with E-state index in [1.54, 1.807) is 67.7 Å². The minimum Gasteiger partial charge on any atom is -0.497 e. The second-order valence-electron chi connectivity index (χ2n) is 9.06. The summed E-state index contributed by atoms with van der Waals surface area (Å²) in [6.45, 7) is 0.201. The van der Waals surface area contributed by atoms with Crippen LogP contribution in [0.15, 0.2) is 97.1 Å². The highest BCUT2D eigenvalue weighted by atomic mass is 19.1. The molecule has 4 aromatic rings. The van der Waals surface area contributed by atoms with Crippen molar-refractivity contribution < 1.29 is 23.5 Å². The van der Waals surface area contributed by atoms with Gasteiger partial charge < -0.3 is 19.7 Å². The van der Waals surface area contributed by atoms with E-state index in [1.807, 2.05) is 36.4 Å². The van der Waals surface area contributed by atoms with E-state index >= 15 is 0 Å². The molecule has 0 saturated carbocycles. The first-order valence-corrected chi connectivity index (χ1v) is 12.2. The number of methoxy groups -OCH3 is 2. The van der Waals surface area contributed by atoms with Crippen molar-refractivity contribution in [1.29, 1.82) is 0 Å². The number of ether oxygens (including phenoxy) is 2. The van der Waals surface area contributed by atoms with Crippen molar-refractivity contribution in [2.45, 2.75) is 18.5 Å². The summed E-state index contributed by atoms with van der Waals surface area (Å²) in [6.07, 6.45) is 0. The fourth-order valence-corrected chi connectivity index (χ4v) is 4.93. The minimum atomic E-state index is -0.719. The molecule has 2 amide bonds. The lowest BCUT2D eigenvalue weighted by atomic mass is 9.79. The number of fused-ring (bicyclic) bond motifs is 1. The van der Waals surface area contributed by atoms with E-state index in [9.17, 15) is 14.0 Å². The summed E-state index contributed by atoms with van der Waals surface area (Å²) < 4.78 is 24.3. The van der Waals surface area contributed by atoms with E-state index in [4.69, 9.17) is 9.47 Å². The van der Waals surface area contributed by atoms with E-state index in [-0.39, 0.29) is 24.2 Å². The Kier molecular flexibility index (Phi) is 7.09. The Morgan fingerprint density at radius 1 is 0.868 bits per heavy atom. The highest BCUT2D eigenvalue weighted by Gasteiger charge is 2.44. The van der Waals surface area contributed by atoms with Crippen molar-refractivity contribution in [3.8, 4) is 11.5 Å². The molecule has 2 atom stereocenters. The predicted octanol–water partition coefficient (Wildman–Crippen LogP) is 5.96. The zero-order chi connectivity index (χ0) is 26.6. The van der Waals surface area contributed by atoms with Gasteiger partial charge in [0.1, 0.15) is 17.3 Å². The number of hydrogen-bond acceptors (Lipinski definition) is 4. The average molecular weight is 511 g/mol. The van der Waals surface area contributed by atoms with E-state index in [2.05, 4.69) is 5.32 Å². The second-order valence-corrected chi connectivity index (χ2v) is 9.06. The number of rotatable bonds is 7. The highest BCUT2D eigenvalue weighted by molar-refractivity contribution is 6.04. The number of amides is 2. The SMILES string of the molecule is COc1ccc(C2C(C(=O)Nc3cccc(OC)c3)c3ccccc3C(=O)N2Cc2ccc(F)cc2)cc1. The van der Waals surface area contributed by atoms with Gasteiger partial charge in [-0.25, -0.2) is 4.39 Å². The number of carbonyl (C=O) groups excluding carboxylic acids is 2. The standard InChI is InChI=1S/C31H27FN2O4/c1-37-24-16-12-21(13-17-24)29-28(30(35)33-23-6-5-7-25(18-23)38-2)26-8-3-4-9-27(26)31(36)34(29)19-20-10-14-22(32)15-11-20/h3-18,28-29H,19H2,1-2H3,(H,33,35). The van der Waals surface area contributed by atoms with Crippen LogP contribution in [0.3, 0.4) is 0 Å². The summed E-state index contributed by atoms with van der Waals surface area (Å²) >= 11 is 0. The maximum absolute atomic E-state index is 14.0. The monoisotopic (exact) mass is 510 g/mol. The van der Waals surface area contributed by atoms with Crippen molar-refractivity contribution in [1.82, 2.24) is 4.90 Å². The predicted molar refractivity (Wildman–Crippen MR) is 143 cm³/mol. The normalized spacial score (nSPS) is 16.5. The summed E-state index contributed by atoms with van der Waals surface area (Å²) in [6, 6.07) is 27.1. The molecule has 2 unspecified atom stereocenters. The molecule has 0 saturated heterocycles. The fraction of sp³-hybridized carbons (Fsp3) is 0.161. The maximum Gasteiger partial charge on any atom is 0.255 e. The molecule has 0 bridgehead atoms. The molecule has 6 nitrogen and oxygen atoms in total. The van der Waals surface area contributed by atoms with Gasteiger partial charge in [0.05, 0.1) is 26.2 Å². The van der Waals surface area contributed by atoms with Crippen molar-refractivity contribution in [3.63, 3.8) is 0 Å². The molecular weight excluding hydrogens is 483 g/mol. The molecule has 7 heteroatoms. The van der Waals surface area contributed by atoms with E-state index in [0.717, 1.165) is 11.1 Å². The molecule has 0 fully saturated rings. The maximum atomic E-state index is 14.0. The van der Waals surface area contributed by atoms with E-state index in [0.29, 0.717) is 28.3 Å². The van der Waals surface area contributed by atoms with Crippen LogP contribution >= 0.6 is 0 Å². The van der Waals surface area contributed by atoms with Crippen LogP contribution in [0.1, 0.15) is 39.0 Å². The molecule has 5 rings (SSSR count). The molecule has 1 N–H and O–H groups in total. The van der Waals surface area contributed by atoms with Crippen LogP contribution in [0, 0.1) is 5.82 Å². The lowest BCUT2D eigenvalue weighted by Gasteiger charge is -2.42. The Balaban J connectivity index is 1.62. The zero-order valence-corrected chi connectivity index (χ0v) is 21.1. The summed E-state index contributed by atoms with van der Waals surface area (Å²) in [5, 5.41) is 3.03. The number of benzene rings is 4. The van der Waals surface area contributed by atoms with Gasteiger partial charge in [-0.3, -0.25) is 9.59 Å². The van der Waals surface area contributed by atoms with Crippen LogP contribution < -0.4 is 14.8 Å². The lowest BCUT2D eigenvalue weighted by molar-refractivity contribution is -0.119.